The number of benzene rings is 2. The summed E-state index contributed by atoms with van der Waals surface area (Å²) in [4.78, 5) is 12.5. The highest BCUT2D eigenvalue weighted by atomic mass is 32.2. The summed E-state index contributed by atoms with van der Waals surface area (Å²) in [6, 6.07) is 14.5. The lowest BCUT2D eigenvalue weighted by Gasteiger charge is -2.19. The van der Waals surface area contributed by atoms with E-state index < -0.39 is 20.0 Å². The van der Waals surface area contributed by atoms with E-state index in [1.165, 1.54) is 22.0 Å². The van der Waals surface area contributed by atoms with Crippen molar-refractivity contribution in [2.45, 2.75) is 50.5 Å². The Morgan fingerprint density at radius 2 is 1.64 bits per heavy atom. The van der Waals surface area contributed by atoms with Crippen molar-refractivity contribution in [2.24, 2.45) is 5.92 Å². The lowest BCUT2D eigenvalue weighted by Crippen LogP contribution is -2.32. The van der Waals surface area contributed by atoms with E-state index in [2.05, 4.69) is 37.4 Å². The van der Waals surface area contributed by atoms with Crippen molar-refractivity contribution in [3.05, 3.63) is 77.2 Å². The smallest absolute Gasteiger partial charge is 0.243 e. The predicted octanol–water partition coefficient (Wildman–Crippen LogP) is 2.92. The minimum Gasteiger partial charge on any atom is -0.352 e. The fourth-order valence-corrected chi connectivity index (χ4v) is 6.09. The zero-order valence-corrected chi connectivity index (χ0v) is 22.7. The SMILES string of the molecule is C=CS(=O)(=O)NC[C@H]1CCN(S(=O)(=O)c2ccc(CNC(=O)Cc3ccc(C(C)(C)C)cc3)cc2)C1. The van der Waals surface area contributed by atoms with E-state index in [4.69, 9.17) is 0 Å². The van der Waals surface area contributed by atoms with Crippen LogP contribution in [0.2, 0.25) is 0 Å². The molecule has 0 bridgehead atoms. The van der Waals surface area contributed by atoms with Crippen molar-refractivity contribution in [1.82, 2.24) is 14.3 Å². The van der Waals surface area contributed by atoms with Crippen molar-refractivity contribution in [2.75, 3.05) is 19.6 Å². The lowest BCUT2D eigenvalue weighted by atomic mass is 9.86. The molecule has 1 aliphatic rings. The summed E-state index contributed by atoms with van der Waals surface area (Å²) >= 11 is 0. The Morgan fingerprint density at radius 1 is 1.03 bits per heavy atom. The largest absolute Gasteiger partial charge is 0.352 e. The van der Waals surface area contributed by atoms with Gasteiger partial charge < -0.3 is 5.32 Å². The highest BCUT2D eigenvalue weighted by Gasteiger charge is 2.32. The molecule has 1 fully saturated rings. The van der Waals surface area contributed by atoms with Crippen LogP contribution in [-0.2, 0) is 43.2 Å². The number of sulfonamides is 2. The van der Waals surface area contributed by atoms with E-state index in [1.807, 2.05) is 24.3 Å². The van der Waals surface area contributed by atoms with E-state index >= 15 is 0 Å². The van der Waals surface area contributed by atoms with Gasteiger partial charge in [0, 0.05) is 31.6 Å². The van der Waals surface area contributed by atoms with Gasteiger partial charge in [-0.3, -0.25) is 4.79 Å². The molecule has 1 amide bonds. The summed E-state index contributed by atoms with van der Waals surface area (Å²) in [6.07, 6.45) is 0.845. The zero-order valence-electron chi connectivity index (χ0n) is 21.0. The van der Waals surface area contributed by atoms with Gasteiger partial charge >= 0.3 is 0 Å². The molecule has 0 spiro atoms. The van der Waals surface area contributed by atoms with Crippen LogP contribution in [0.3, 0.4) is 0 Å². The number of nitrogens with zero attached hydrogens (tertiary/aromatic N) is 1. The van der Waals surface area contributed by atoms with Gasteiger partial charge in [-0.05, 0) is 46.6 Å². The molecule has 36 heavy (non-hydrogen) atoms. The number of carbonyl (C=O) groups excluding carboxylic acids is 1. The maximum absolute atomic E-state index is 13.0. The summed E-state index contributed by atoms with van der Waals surface area (Å²) < 4.78 is 52.9. The Balaban J connectivity index is 1.51. The molecule has 0 aromatic heterocycles. The summed E-state index contributed by atoms with van der Waals surface area (Å²) in [5, 5.41) is 3.72. The monoisotopic (exact) mass is 533 g/mol. The molecule has 0 radical (unpaired) electrons. The first-order chi connectivity index (χ1) is 16.8. The van der Waals surface area contributed by atoms with Gasteiger partial charge in [-0.25, -0.2) is 21.6 Å². The van der Waals surface area contributed by atoms with Crippen LogP contribution in [0.5, 0.6) is 0 Å². The fourth-order valence-electron chi connectivity index (χ4n) is 3.97. The molecule has 2 aromatic rings. The highest BCUT2D eigenvalue weighted by Crippen LogP contribution is 2.25. The lowest BCUT2D eigenvalue weighted by molar-refractivity contribution is -0.120. The molecule has 1 atom stereocenters. The van der Waals surface area contributed by atoms with Gasteiger partial charge in [-0.2, -0.15) is 4.31 Å². The van der Waals surface area contributed by atoms with Crippen molar-refractivity contribution < 1.29 is 21.6 Å². The fraction of sp³-hybridized carbons (Fsp3) is 0.423. The van der Waals surface area contributed by atoms with Crippen molar-refractivity contribution in [3.63, 3.8) is 0 Å². The average molecular weight is 534 g/mol. The van der Waals surface area contributed by atoms with Gasteiger partial charge in [0.05, 0.1) is 11.3 Å². The van der Waals surface area contributed by atoms with Crippen molar-refractivity contribution in [3.8, 4) is 0 Å². The first-order valence-electron chi connectivity index (χ1n) is 11.9. The summed E-state index contributed by atoms with van der Waals surface area (Å²) in [7, 11) is -7.22. The number of carbonyl (C=O) groups is 1. The Bertz CT molecular complexity index is 1280. The van der Waals surface area contributed by atoms with Crippen LogP contribution in [-0.4, -0.2) is 46.7 Å². The van der Waals surface area contributed by atoms with E-state index in [0.717, 1.165) is 16.5 Å². The number of hydrogen-bond acceptors (Lipinski definition) is 5. The Kier molecular flexibility index (Phi) is 8.76. The third-order valence-electron chi connectivity index (χ3n) is 6.28. The molecular formula is C26H35N3O5S2. The van der Waals surface area contributed by atoms with E-state index in [-0.39, 0.29) is 41.6 Å². The van der Waals surface area contributed by atoms with Gasteiger partial charge in [0.25, 0.3) is 0 Å². The molecule has 8 nitrogen and oxygen atoms in total. The van der Waals surface area contributed by atoms with Gasteiger partial charge in [-0.1, -0.05) is 63.7 Å². The molecule has 2 aromatic carbocycles. The van der Waals surface area contributed by atoms with Crippen LogP contribution in [0.15, 0.2) is 65.4 Å². The second-order valence-electron chi connectivity index (χ2n) is 10.1. The van der Waals surface area contributed by atoms with Crippen LogP contribution in [0.4, 0.5) is 0 Å². The molecule has 2 N–H and O–H groups in total. The Labute approximate surface area is 214 Å². The average Bonchev–Trinajstić information content (AvgIpc) is 3.32. The van der Waals surface area contributed by atoms with Gasteiger partial charge in [-0.15, -0.1) is 0 Å². The standard InChI is InChI=1S/C26H35N3O5S2/c1-5-35(31,32)28-18-22-14-15-29(19-22)36(33,34)24-12-8-21(9-13-24)17-27-25(30)16-20-6-10-23(11-7-20)26(2,3)4/h5-13,22,28H,1,14-19H2,2-4H3,(H,27,30)/t22-/m1/s1. The molecule has 0 aliphatic carbocycles. The Morgan fingerprint density at radius 3 is 2.22 bits per heavy atom. The molecule has 3 rings (SSSR count). The molecule has 0 saturated carbocycles. The zero-order chi connectivity index (χ0) is 26.6. The van der Waals surface area contributed by atoms with Crippen LogP contribution >= 0.6 is 0 Å². The molecule has 10 heteroatoms. The first-order valence-corrected chi connectivity index (χ1v) is 14.9. The minimum absolute atomic E-state index is 0.0583. The van der Waals surface area contributed by atoms with Crippen LogP contribution in [0.1, 0.15) is 43.9 Å². The van der Waals surface area contributed by atoms with Crippen LogP contribution in [0, 0.1) is 5.92 Å². The Hall–Kier alpha value is -2.53. The van der Waals surface area contributed by atoms with Crippen LogP contribution < -0.4 is 10.0 Å². The van der Waals surface area contributed by atoms with Gasteiger partial charge in [0.15, 0.2) is 0 Å². The summed E-state index contributed by atoms with van der Waals surface area (Å²) in [5.74, 6) is -0.209. The molecular weight excluding hydrogens is 498 g/mol. The molecule has 1 heterocycles. The summed E-state index contributed by atoms with van der Waals surface area (Å²) in [6.45, 7) is 10.7. The number of amides is 1. The third kappa shape index (κ3) is 7.49. The molecule has 1 aliphatic heterocycles. The second kappa shape index (κ2) is 11.2. The minimum atomic E-state index is -3.69. The van der Waals surface area contributed by atoms with E-state index in [1.54, 1.807) is 12.1 Å². The number of rotatable bonds is 10. The normalized spacial score (nSPS) is 17.1. The second-order valence-corrected chi connectivity index (χ2v) is 13.8. The van der Waals surface area contributed by atoms with Gasteiger partial charge in [0.2, 0.25) is 26.0 Å². The highest BCUT2D eigenvalue weighted by molar-refractivity contribution is 7.92. The first kappa shape index (κ1) is 28.0. The third-order valence-corrected chi connectivity index (χ3v) is 9.16. The molecule has 0 unspecified atom stereocenters. The van der Waals surface area contributed by atoms with Crippen molar-refractivity contribution >= 4 is 26.0 Å². The van der Waals surface area contributed by atoms with E-state index in [0.29, 0.717) is 19.5 Å². The number of nitrogens with one attached hydrogen (secondary N) is 2. The van der Waals surface area contributed by atoms with Gasteiger partial charge in [0.1, 0.15) is 0 Å². The molecule has 1 saturated heterocycles. The van der Waals surface area contributed by atoms with E-state index in [9.17, 15) is 21.6 Å². The predicted molar refractivity (Wildman–Crippen MR) is 141 cm³/mol. The molecule has 196 valence electrons. The maximum Gasteiger partial charge on any atom is 0.243 e. The summed E-state index contributed by atoms with van der Waals surface area (Å²) in [5.41, 5.74) is 3.00. The van der Waals surface area contributed by atoms with Crippen LogP contribution in [0.25, 0.3) is 0 Å². The quantitative estimate of drug-likeness (QED) is 0.488. The van der Waals surface area contributed by atoms with Crippen molar-refractivity contribution in [1.29, 1.82) is 0 Å². The number of hydrogen-bond donors (Lipinski definition) is 2. The topological polar surface area (TPSA) is 113 Å². The maximum atomic E-state index is 13.0.